The van der Waals surface area contributed by atoms with Gasteiger partial charge in [-0.2, -0.15) is 4.72 Å². The molecule has 2 N–H and O–H groups in total. The molecule has 9 heteroatoms. The quantitative estimate of drug-likeness (QED) is 0.834. The van der Waals surface area contributed by atoms with Gasteiger partial charge in [0, 0.05) is 0 Å². The second kappa shape index (κ2) is 5.29. The van der Waals surface area contributed by atoms with Crippen LogP contribution in [0.4, 0.5) is 8.78 Å². The topological polar surface area (TPSA) is 83.5 Å². The molecule has 0 aliphatic heterocycles. The van der Waals surface area contributed by atoms with Crippen LogP contribution >= 0.6 is 11.3 Å². The minimum absolute atomic E-state index is 0.139. The van der Waals surface area contributed by atoms with Crippen LogP contribution < -0.4 is 4.72 Å². The van der Waals surface area contributed by atoms with Crippen molar-refractivity contribution in [2.45, 2.75) is 29.5 Å². The van der Waals surface area contributed by atoms with Crippen molar-refractivity contribution in [3.63, 3.8) is 0 Å². The number of thiophene rings is 1. The lowest BCUT2D eigenvalue weighted by atomic mass is 10.0. The number of halogens is 2. The first-order valence-electron chi connectivity index (χ1n) is 4.75. The van der Waals surface area contributed by atoms with Crippen molar-refractivity contribution in [2.24, 2.45) is 0 Å². The normalized spacial score (nSPS) is 15.6. The number of alkyl halides is 2. The van der Waals surface area contributed by atoms with Crippen molar-refractivity contribution in [1.29, 1.82) is 0 Å². The zero-order chi connectivity index (χ0) is 14.0. The van der Waals surface area contributed by atoms with Gasteiger partial charge in [0.05, 0.1) is 6.42 Å². The smallest absolute Gasteiger partial charge is 0.305 e. The molecule has 1 aromatic heterocycles. The fraction of sp³-hybridized carbons (Fsp3) is 0.444. The molecular formula is C9H11F2NO4S2. The van der Waals surface area contributed by atoms with Gasteiger partial charge in [0.1, 0.15) is 9.75 Å². The summed E-state index contributed by atoms with van der Waals surface area (Å²) in [7, 11) is -4.14. The molecule has 0 bridgehead atoms. The Morgan fingerprint density at radius 3 is 2.61 bits per heavy atom. The highest BCUT2D eigenvalue weighted by molar-refractivity contribution is 7.91. The molecule has 5 nitrogen and oxygen atoms in total. The highest BCUT2D eigenvalue weighted by Crippen LogP contribution is 2.24. The number of aliphatic carboxylic acids is 1. The predicted molar refractivity (Wildman–Crippen MR) is 61.3 cm³/mol. The first-order valence-corrected chi connectivity index (χ1v) is 7.11. The van der Waals surface area contributed by atoms with Gasteiger partial charge < -0.3 is 5.11 Å². The zero-order valence-electron chi connectivity index (χ0n) is 9.26. The maximum absolute atomic E-state index is 12.8. The Kier molecular flexibility index (Phi) is 4.41. The Balaban J connectivity index is 3.02. The van der Waals surface area contributed by atoms with Gasteiger partial charge in [0.25, 0.3) is 16.4 Å². The first kappa shape index (κ1) is 15.0. The van der Waals surface area contributed by atoms with E-state index in [0.29, 0.717) is 0 Å². The molecule has 0 spiro atoms. The lowest BCUT2D eigenvalue weighted by Gasteiger charge is -2.27. The Morgan fingerprint density at radius 2 is 2.22 bits per heavy atom. The van der Waals surface area contributed by atoms with Crippen molar-refractivity contribution in [1.82, 2.24) is 4.72 Å². The van der Waals surface area contributed by atoms with Gasteiger partial charge in [0.2, 0.25) is 0 Å². The van der Waals surface area contributed by atoms with Crippen molar-refractivity contribution in [2.75, 3.05) is 0 Å². The lowest BCUT2D eigenvalue weighted by molar-refractivity contribution is -0.140. The van der Waals surface area contributed by atoms with Crippen LogP contribution in [0.2, 0.25) is 0 Å². The zero-order valence-corrected chi connectivity index (χ0v) is 10.9. The van der Waals surface area contributed by atoms with Crippen LogP contribution in [0, 0.1) is 0 Å². The average molecular weight is 299 g/mol. The average Bonchev–Trinajstić information content (AvgIpc) is 2.67. The molecule has 0 radical (unpaired) electrons. The van der Waals surface area contributed by atoms with Gasteiger partial charge in [-0.3, -0.25) is 4.79 Å². The fourth-order valence-corrected chi connectivity index (χ4v) is 3.63. The number of carboxylic acid groups (broad SMARTS) is 1. The molecule has 1 unspecified atom stereocenters. The third kappa shape index (κ3) is 3.47. The second-order valence-corrected chi connectivity index (χ2v) is 6.68. The SMILES string of the molecule is CC(CC(=O)O)(NS(=O)(=O)c1cccs1)C(F)F. The molecule has 0 fully saturated rings. The number of hydrogen-bond donors (Lipinski definition) is 2. The Hall–Kier alpha value is -1.06. The predicted octanol–water partition coefficient (Wildman–Crippen LogP) is 1.52. The molecule has 1 heterocycles. The minimum Gasteiger partial charge on any atom is -0.481 e. The van der Waals surface area contributed by atoms with Gasteiger partial charge in [-0.15, -0.1) is 11.3 Å². The van der Waals surface area contributed by atoms with Crippen LogP contribution in [0.1, 0.15) is 13.3 Å². The fourth-order valence-electron chi connectivity index (χ4n) is 1.25. The van der Waals surface area contributed by atoms with Gasteiger partial charge in [-0.25, -0.2) is 17.2 Å². The van der Waals surface area contributed by atoms with Gasteiger partial charge in [-0.05, 0) is 18.4 Å². The van der Waals surface area contributed by atoms with E-state index in [1.807, 2.05) is 0 Å². The summed E-state index contributed by atoms with van der Waals surface area (Å²) >= 11 is 0.858. The van der Waals surface area contributed by atoms with Crippen LogP contribution in [0.3, 0.4) is 0 Å². The summed E-state index contributed by atoms with van der Waals surface area (Å²) in [5.74, 6) is -1.51. The molecule has 1 aromatic rings. The van der Waals surface area contributed by atoms with E-state index >= 15 is 0 Å². The molecule has 0 amide bonds. The van der Waals surface area contributed by atoms with E-state index in [4.69, 9.17) is 5.11 Å². The van der Waals surface area contributed by atoms with Crippen LogP contribution in [0.15, 0.2) is 21.7 Å². The van der Waals surface area contributed by atoms with Crippen molar-refractivity contribution in [3.05, 3.63) is 17.5 Å². The number of carbonyl (C=O) groups is 1. The minimum atomic E-state index is -4.14. The molecular weight excluding hydrogens is 288 g/mol. The number of rotatable bonds is 6. The molecule has 18 heavy (non-hydrogen) atoms. The summed E-state index contributed by atoms with van der Waals surface area (Å²) in [6, 6.07) is 2.70. The number of nitrogens with one attached hydrogen (secondary N) is 1. The second-order valence-electron chi connectivity index (χ2n) is 3.83. The standard InChI is InChI=1S/C9H11F2NO4S2/c1-9(8(10)11,5-6(13)14)12-18(15,16)7-3-2-4-17-7/h2-4,8,12H,5H2,1H3,(H,13,14). The summed E-state index contributed by atoms with van der Waals surface area (Å²) < 4.78 is 50.8. The lowest BCUT2D eigenvalue weighted by Crippen LogP contribution is -2.52. The first-order chi connectivity index (χ1) is 8.17. The van der Waals surface area contributed by atoms with Gasteiger partial charge in [-0.1, -0.05) is 6.07 Å². The van der Waals surface area contributed by atoms with Crippen LogP contribution in [-0.2, 0) is 14.8 Å². The molecule has 102 valence electrons. The van der Waals surface area contributed by atoms with E-state index in [2.05, 4.69) is 0 Å². The monoisotopic (exact) mass is 299 g/mol. The van der Waals surface area contributed by atoms with E-state index in [9.17, 15) is 22.0 Å². The van der Waals surface area contributed by atoms with Crippen molar-refractivity contribution in [3.8, 4) is 0 Å². The maximum atomic E-state index is 12.8. The van der Waals surface area contributed by atoms with E-state index < -0.39 is 34.4 Å². The summed E-state index contributed by atoms with van der Waals surface area (Å²) in [5, 5.41) is 10.0. The van der Waals surface area contributed by atoms with E-state index in [-0.39, 0.29) is 4.21 Å². The summed E-state index contributed by atoms with van der Waals surface area (Å²) in [6.07, 6.45) is -4.14. The van der Waals surface area contributed by atoms with E-state index in [0.717, 1.165) is 18.3 Å². The molecule has 0 aromatic carbocycles. The number of carboxylic acids is 1. The third-order valence-corrected chi connectivity index (χ3v) is 5.14. The molecule has 0 saturated heterocycles. The highest BCUT2D eigenvalue weighted by Gasteiger charge is 2.41. The Morgan fingerprint density at radius 1 is 1.61 bits per heavy atom. The third-order valence-electron chi connectivity index (χ3n) is 2.13. The van der Waals surface area contributed by atoms with Crippen molar-refractivity contribution >= 4 is 27.3 Å². The highest BCUT2D eigenvalue weighted by atomic mass is 32.2. The van der Waals surface area contributed by atoms with Gasteiger partial charge in [0.15, 0.2) is 0 Å². The largest absolute Gasteiger partial charge is 0.481 e. The molecule has 0 aliphatic rings. The number of sulfonamides is 1. The Labute approximate surface area is 106 Å². The van der Waals surface area contributed by atoms with E-state index in [1.165, 1.54) is 17.5 Å². The molecule has 0 aliphatic carbocycles. The van der Waals surface area contributed by atoms with E-state index in [1.54, 1.807) is 4.72 Å². The van der Waals surface area contributed by atoms with Crippen LogP contribution in [0.25, 0.3) is 0 Å². The molecule has 1 atom stereocenters. The van der Waals surface area contributed by atoms with Gasteiger partial charge >= 0.3 is 5.97 Å². The maximum Gasteiger partial charge on any atom is 0.305 e. The summed E-state index contributed by atoms with van der Waals surface area (Å²) in [5.41, 5.74) is -2.34. The number of hydrogen-bond acceptors (Lipinski definition) is 4. The summed E-state index contributed by atoms with van der Waals surface area (Å²) in [6.45, 7) is 0.858. The van der Waals surface area contributed by atoms with Crippen LogP contribution in [0.5, 0.6) is 0 Å². The summed E-state index contributed by atoms with van der Waals surface area (Å²) in [4.78, 5) is 10.5. The van der Waals surface area contributed by atoms with Crippen LogP contribution in [-0.4, -0.2) is 31.5 Å². The van der Waals surface area contributed by atoms with Crippen molar-refractivity contribution < 1.29 is 27.1 Å². The molecule has 1 rings (SSSR count). The Bertz CT molecular complexity index is 515. The molecule has 0 saturated carbocycles.